The Labute approximate surface area is 48.9 Å². The van der Waals surface area contributed by atoms with Crippen LogP contribution in [0.1, 0.15) is 13.3 Å². The largest absolute Gasteiger partial charge is 0.433 e. The molecule has 0 spiro atoms. The van der Waals surface area contributed by atoms with Crippen molar-refractivity contribution in [3.8, 4) is 0 Å². The second kappa shape index (κ2) is 3.15. The first-order valence-electron chi connectivity index (χ1n) is 2.31. The normalized spacial score (nSPS) is 13.0. The van der Waals surface area contributed by atoms with Crippen molar-refractivity contribution >= 4 is 7.94 Å². The van der Waals surface area contributed by atoms with Gasteiger partial charge < -0.3 is 0 Å². The highest BCUT2D eigenvalue weighted by molar-refractivity contribution is 7.61. The second-order valence-corrected chi connectivity index (χ2v) is 2.94. The Morgan fingerprint density at radius 1 is 1.38 bits per heavy atom. The second-order valence-electron chi connectivity index (χ2n) is 1.41. The Hall–Kier alpha value is 0.0500. The van der Waals surface area contributed by atoms with Crippen LogP contribution in [0.2, 0.25) is 0 Å². The van der Waals surface area contributed by atoms with Crippen LogP contribution in [-0.4, -0.2) is 14.7 Å². The predicted molar refractivity (Wildman–Crippen MR) is 33.0 cm³/mol. The Balaban J connectivity index is 3.52. The summed E-state index contributed by atoms with van der Waals surface area (Å²) in [5.41, 5.74) is 0. The summed E-state index contributed by atoms with van der Waals surface area (Å²) >= 11 is 0. The lowest BCUT2D eigenvalue weighted by Crippen LogP contribution is -1.79. The summed E-state index contributed by atoms with van der Waals surface area (Å²) in [5, 5.41) is 0. The van der Waals surface area contributed by atoms with Crippen molar-refractivity contribution in [2.75, 3.05) is 0 Å². The van der Waals surface area contributed by atoms with Crippen LogP contribution in [0.15, 0.2) is 11.9 Å². The van der Waals surface area contributed by atoms with E-state index in [9.17, 15) is 0 Å². The van der Waals surface area contributed by atoms with Crippen LogP contribution in [-0.2, 0) is 0 Å². The summed E-state index contributed by atoms with van der Waals surface area (Å²) < 4.78 is 0. The SMILES string of the molecule is CCC=C[P+](O)(O)O. The van der Waals surface area contributed by atoms with Gasteiger partial charge in [0.05, 0.1) is 0 Å². The molecule has 3 N–H and O–H groups in total. The Kier molecular flexibility index (Phi) is 3.17. The van der Waals surface area contributed by atoms with Gasteiger partial charge in [0.25, 0.3) is 0 Å². The molecule has 0 rings (SSSR count). The molecule has 0 heterocycles. The van der Waals surface area contributed by atoms with Crippen LogP contribution in [0.4, 0.5) is 0 Å². The van der Waals surface area contributed by atoms with Crippen LogP contribution in [0, 0.1) is 0 Å². The van der Waals surface area contributed by atoms with E-state index in [2.05, 4.69) is 0 Å². The van der Waals surface area contributed by atoms with E-state index in [0.717, 1.165) is 5.82 Å². The first-order chi connectivity index (χ1) is 3.56. The van der Waals surface area contributed by atoms with Gasteiger partial charge in [-0.1, -0.05) is 6.92 Å². The molecule has 3 nitrogen and oxygen atoms in total. The number of hydrogen-bond donors (Lipinski definition) is 3. The number of rotatable bonds is 2. The summed E-state index contributed by atoms with van der Waals surface area (Å²) in [6.45, 7) is 1.84. The third-order valence-electron chi connectivity index (χ3n) is 0.541. The van der Waals surface area contributed by atoms with Gasteiger partial charge in [-0.25, -0.2) is 0 Å². The topological polar surface area (TPSA) is 60.7 Å². The van der Waals surface area contributed by atoms with Gasteiger partial charge in [0.2, 0.25) is 0 Å². The summed E-state index contributed by atoms with van der Waals surface area (Å²) in [6.07, 6.45) is 2.21. The Bertz CT molecular complexity index is 83.8. The first kappa shape index (κ1) is 8.05. The molecule has 4 heteroatoms. The maximum absolute atomic E-state index is 8.28. The lowest BCUT2D eigenvalue weighted by Gasteiger charge is -1.92. The molecule has 0 saturated heterocycles. The van der Waals surface area contributed by atoms with E-state index in [4.69, 9.17) is 14.7 Å². The monoisotopic (exact) mass is 137 g/mol. The van der Waals surface area contributed by atoms with E-state index in [1.54, 1.807) is 0 Å². The van der Waals surface area contributed by atoms with E-state index in [0.29, 0.717) is 6.42 Å². The van der Waals surface area contributed by atoms with Crippen molar-refractivity contribution in [3.63, 3.8) is 0 Å². The zero-order chi connectivity index (χ0) is 6.62. The van der Waals surface area contributed by atoms with Gasteiger partial charge in [0.1, 0.15) is 5.82 Å². The molecule has 0 radical (unpaired) electrons. The van der Waals surface area contributed by atoms with E-state index >= 15 is 0 Å². The lowest BCUT2D eigenvalue weighted by molar-refractivity contribution is 0.345. The highest BCUT2D eigenvalue weighted by Crippen LogP contribution is 2.45. The standard InChI is InChI=1S/C4H10O3P/c1-2-3-4-8(5,6)7/h3-7H,2H2,1H3/q+1. The van der Waals surface area contributed by atoms with Crippen LogP contribution >= 0.6 is 7.94 Å². The van der Waals surface area contributed by atoms with E-state index in [1.165, 1.54) is 6.08 Å². The zero-order valence-electron chi connectivity index (χ0n) is 4.65. The summed E-state index contributed by atoms with van der Waals surface area (Å²) in [6, 6.07) is 0. The molecule has 48 valence electrons. The van der Waals surface area contributed by atoms with Crippen molar-refractivity contribution < 1.29 is 14.7 Å². The Morgan fingerprint density at radius 2 is 1.88 bits per heavy atom. The highest BCUT2D eigenvalue weighted by Gasteiger charge is 2.23. The van der Waals surface area contributed by atoms with Crippen molar-refractivity contribution in [1.29, 1.82) is 0 Å². The number of hydrogen-bond acceptors (Lipinski definition) is 3. The van der Waals surface area contributed by atoms with Gasteiger partial charge in [0, 0.05) is 0 Å². The molecule has 0 amide bonds. The van der Waals surface area contributed by atoms with Gasteiger partial charge in [-0.15, -0.1) is 0 Å². The van der Waals surface area contributed by atoms with Gasteiger partial charge in [-0.2, -0.15) is 14.7 Å². The molecule has 0 atom stereocenters. The van der Waals surface area contributed by atoms with Crippen molar-refractivity contribution in [2.24, 2.45) is 0 Å². The van der Waals surface area contributed by atoms with Gasteiger partial charge >= 0.3 is 7.94 Å². The molecule has 0 aromatic carbocycles. The molecule has 0 saturated carbocycles. The molecule has 0 aliphatic heterocycles. The molecule has 0 fully saturated rings. The van der Waals surface area contributed by atoms with Gasteiger partial charge in [-0.05, 0) is 12.5 Å². The lowest BCUT2D eigenvalue weighted by atomic mass is 10.5. The fourth-order valence-corrected chi connectivity index (χ4v) is 0.740. The minimum atomic E-state index is -3.61. The maximum atomic E-state index is 8.28. The predicted octanol–water partition coefficient (Wildman–Crippen LogP) is 0.650. The Morgan fingerprint density at radius 3 is 2.00 bits per heavy atom. The summed E-state index contributed by atoms with van der Waals surface area (Å²) in [5.74, 6) is 1.02. The van der Waals surface area contributed by atoms with Crippen LogP contribution in [0.5, 0.6) is 0 Å². The fraction of sp³-hybridized carbons (Fsp3) is 0.500. The van der Waals surface area contributed by atoms with E-state index in [-0.39, 0.29) is 0 Å². The average Bonchev–Trinajstić information content (AvgIpc) is 1.59. The van der Waals surface area contributed by atoms with Crippen LogP contribution in [0.25, 0.3) is 0 Å². The number of allylic oxidation sites excluding steroid dienone is 1. The van der Waals surface area contributed by atoms with E-state index < -0.39 is 7.94 Å². The summed E-state index contributed by atoms with van der Waals surface area (Å²) in [7, 11) is -3.61. The highest BCUT2D eigenvalue weighted by atomic mass is 31.2. The fourth-order valence-electron chi connectivity index (χ4n) is 0.247. The maximum Gasteiger partial charge on any atom is 0.433 e. The third kappa shape index (κ3) is 6.05. The van der Waals surface area contributed by atoms with Crippen molar-refractivity contribution in [1.82, 2.24) is 0 Å². The minimum Gasteiger partial charge on any atom is -0.189 e. The average molecular weight is 137 g/mol. The minimum absolute atomic E-state index is 0.698. The smallest absolute Gasteiger partial charge is 0.189 e. The summed E-state index contributed by atoms with van der Waals surface area (Å²) in [4.78, 5) is 24.9. The van der Waals surface area contributed by atoms with Crippen LogP contribution in [0.3, 0.4) is 0 Å². The van der Waals surface area contributed by atoms with Gasteiger partial charge in [-0.3, -0.25) is 0 Å². The van der Waals surface area contributed by atoms with Crippen LogP contribution < -0.4 is 0 Å². The molecule has 8 heavy (non-hydrogen) atoms. The molecule has 0 aromatic rings. The molecular weight excluding hydrogens is 127 g/mol. The first-order valence-corrected chi connectivity index (χ1v) is 4.02. The molecule has 0 aliphatic carbocycles. The quantitative estimate of drug-likeness (QED) is 0.489. The molecule has 0 bridgehead atoms. The van der Waals surface area contributed by atoms with Crippen molar-refractivity contribution in [3.05, 3.63) is 11.9 Å². The molecule has 0 aliphatic rings. The molecular formula is C4H10O3P+. The van der Waals surface area contributed by atoms with Gasteiger partial charge in [0.15, 0.2) is 0 Å². The zero-order valence-corrected chi connectivity index (χ0v) is 5.55. The van der Waals surface area contributed by atoms with E-state index in [1.807, 2.05) is 6.92 Å². The van der Waals surface area contributed by atoms with Crippen molar-refractivity contribution in [2.45, 2.75) is 13.3 Å². The molecule has 0 unspecified atom stereocenters. The third-order valence-corrected chi connectivity index (χ3v) is 1.15. The molecule has 0 aromatic heterocycles.